The number of thioether (sulfide) groups is 1. The molecule has 0 spiro atoms. The Labute approximate surface area is 192 Å². The molecule has 1 amide bonds. The third-order valence-electron chi connectivity index (χ3n) is 5.73. The first-order chi connectivity index (χ1) is 15.4. The van der Waals surface area contributed by atoms with Gasteiger partial charge in [0.25, 0.3) is 5.56 Å². The van der Waals surface area contributed by atoms with Crippen molar-refractivity contribution in [3.05, 3.63) is 64.4 Å². The summed E-state index contributed by atoms with van der Waals surface area (Å²) < 4.78 is 7.45. The molecule has 1 aromatic heterocycles. The van der Waals surface area contributed by atoms with Gasteiger partial charge >= 0.3 is 0 Å². The van der Waals surface area contributed by atoms with Crippen LogP contribution in [0.2, 0.25) is 0 Å². The van der Waals surface area contributed by atoms with Crippen LogP contribution < -0.4 is 10.9 Å². The molecule has 0 bridgehead atoms. The summed E-state index contributed by atoms with van der Waals surface area (Å²) in [5.74, 6) is 0.183. The van der Waals surface area contributed by atoms with Gasteiger partial charge in [0.05, 0.1) is 28.8 Å². The number of ether oxygens (including phenoxy) is 1. The second-order valence-corrected chi connectivity index (χ2v) is 9.76. The normalized spacial score (nSPS) is 17.1. The maximum absolute atomic E-state index is 13.3. The van der Waals surface area contributed by atoms with Crippen molar-refractivity contribution in [2.45, 2.75) is 62.6 Å². The average Bonchev–Trinajstić information content (AvgIpc) is 3.30. The molecule has 0 aliphatic carbocycles. The van der Waals surface area contributed by atoms with Crippen molar-refractivity contribution < 1.29 is 9.53 Å². The summed E-state index contributed by atoms with van der Waals surface area (Å²) >= 11 is 1.31. The Morgan fingerprint density at radius 2 is 1.94 bits per heavy atom. The minimum absolute atomic E-state index is 0.00272. The lowest BCUT2D eigenvalue weighted by molar-refractivity contribution is -0.115. The highest BCUT2D eigenvalue weighted by atomic mass is 32.2. The fourth-order valence-electron chi connectivity index (χ4n) is 3.95. The van der Waals surface area contributed by atoms with Gasteiger partial charge in [-0.05, 0) is 49.4 Å². The van der Waals surface area contributed by atoms with Crippen molar-refractivity contribution in [2.24, 2.45) is 0 Å². The number of amides is 1. The molecule has 1 N–H and O–H groups in total. The van der Waals surface area contributed by atoms with Crippen molar-refractivity contribution in [1.82, 2.24) is 9.55 Å². The number of nitrogens with one attached hydrogen (secondary N) is 1. The van der Waals surface area contributed by atoms with Gasteiger partial charge in [-0.2, -0.15) is 0 Å². The van der Waals surface area contributed by atoms with E-state index in [0.29, 0.717) is 28.5 Å². The topological polar surface area (TPSA) is 73.2 Å². The largest absolute Gasteiger partial charge is 0.376 e. The van der Waals surface area contributed by atoms with E-state index in [1.54, 1.807) is 10.6 Å². The molecular formula is C25H29N3O3S. The molecule has 0 saturated carbocycles. The van der Waals surface area contributed by atoms with Crippen LogP contribution in [0.3, 0.4) is 0 Å². The van der Waals surface area contributed by atoms with Crippen LogP contribution in [0, 0.1) is 0 Å². The Balaban J connectivity index is 1.61. The maximum Gasteiger partial charge on any atom is 0.262 e. The van der Waals surface area contributed by atoms with E-state index in [1.165, 1.54) is 11.8 Å². The van der Waals surface area contributed by atoms with Crippen molar-refractivity contribution in [2.75, 3.05) is 11.9 Å². The highest BCUT2D eigenvalue weighted by molar-refractivity contribution is 8.00. The zero-order chi connectivity index (χ0) is 22.7. The highest BCUT2D eigenvalue weighted by Gasteiger charge is 2.23. The zero-order valence-corrected chi connectivity index (χ0v) is 19.5. The van der Waals surface area contributed by atoms with Crippen molar-refractivity contribution >= 4 is 34.3 Å². The van der Waals surface area contributed by atoms with Crippen LogP contribution in [0.4, 0.5) is 5.69 Å². The number of nitrogens with zero attached hydrogens (tertiary/aromatic N) is 2. The number of aromatic nitrogens is 2. The standard InChI is InChI=1S/C25H29N3O3S/c1-16(2)19-10-4-6-12-21(19)26-23(29)17(3)32-25-27-22-13-7-5-11-20(22)24(30)28(25)15-18-9-8-14-31-18/h4-7,10-13,16-18H,8-9,14-15H2,1-3H3,(H,26,29). The van der Waals surface area contributed by atoms with E-state index in [2.05, 4.69) is 19.2 Å². The predicted molar refractivity (Wildman–Crippen MR) is 129 cm³/mol. The summed E-state index contributed by atoms with van der Waals surface area (Å²) in [6, 6.07) is 15.2. The Morgan fingerprint density at radius 3 is 2.69 bits per heavy atom. The molecule has 4 rings (SSSR count). The Bertz CT molecular complexity index is 1170. The predicted octanol–water partition coefficient (Wildman–Crippen LogP) is 4.82. The number of rotatable bonds is 7. The summed E-state index contributed by atoms with van der Waals surface area (Å²) in [5.41, 5.74) is 2.47. The molecule has 168 valence electrons. The molecule has 2 aromatic carbocycles. The van der Waals surface area contributed by atoms with Crippen LogP contribution in [-0.2, 0) is 16.1 Å². The van der Waals surface area contributed by atoms with Gasteiger partial charge in [-0.15, -0.1) is 0 Å². The van der Waals surface area contributed by atoms with Crippen molar-refractivity contribution in [3.63, 3.8) is 0 Å². The fraction of sp³-hybridized carbons (Fsp3) is 0.400. The number of hydrogen-bond acceptors (Lipinski definition) is 5. The lowest BCUT2D eigenvalue weighted by Gasteiger charge is -2.19. The number of hydrogen-bond donors (Lipinski definition) is 1. The van der Waals surface area contributed by atoms with Crippen LogP contribution in [0.25, 0.3) is 10.9 Å². The molecule has 3 aromatic rings. The summed E-state index contributed by atoms with van der Waals surface area (Å²) in [4.78, 5) is 31.0. The molecule has 1 fully saturated rings. The Kier molecular flexibility index (Phi) is 6.96. The molecule has 1 aliphatic heterocycles. The first-order valence-electron chi connectivity index (χ1n) is 11.1. The number of fused-ring (bicyclic) bond motifs is 1. The number of anilines is 1. The van der Waals surface area contributed by atoms with Crippen LogP contribution >= 0.6 is 11.8 Å². The molecule has 2 heterocycles. The van der Waals surface area contributed by atoms with Gasteiger partial charge in [0.1, 0.15) is 0 Å². The molecule has 1 saturated heterocycles. The molecule has 7 heteroatoms. The van der Waals surface area contributed by atoms with Gasteiger partial charge in [0.15, 0.2) is 5.16 Å². The van der Waals surface area contributed by atoms with Crippen LogP contribution in [-0.4, -0.2) is 33.4 Å². The number of benzene rings is 2. The second kappa shape index (κ2) is 9.88. The van der Waals surface area contributed by atoms with Gasteiger partial charge in [0.2, 0.25) is 5.91 Å². The zero-order valence-electron chi connectivity index (χ0n) is 18.7. The van der Waals surface area contributed by atoms with Crippen LogP contribution in [0.1, 0.15) is 45.1 Å². The minimum Gasteiger partial charge on any atom is -0.376 e. The Morgan fingerprint density at radius 1 is 1.19 bits per heavy atom. The monoisotopic (exact) mass is 451 g/mol. The van der Waals surface area contributed by atoms with Crippen molar-refractivity contribution in [3.8, 4) is 0 Å². The molecule has 2 atom stereocenters. The molecule has 6 nitrogen and oxygen atoms in total. The van der Waals surface area contributed by atoms with Crippen molar-refractivity contribution in [1.29, 1.82) is 0 Å². The number of carbonyl (C=O) groups is 1. The average molecular weight is 452 g/mol. The first-order valence-corrected chi connectivity index (χ1v) is 12.0. The third kappa shape index (κ3) is 4.89. The SMILES string of the molecule is CC(Sc1nc2ccccc2c(=O)n1CC1CCCO1)C(=O)Nc1ccccc1C(C)C. The summed E-state index contributed by atoms with van der Waals surface area (Å²) in [6.07, 6.45) is 1.92. The van der Waals surface area contributed by atoms with E-state index in [-0.39, 0.29) is 17.6 Å². The molecule has 32 heavy (non-hydrogen) atoms. The van der Waals surface area contributed by atoms with E-state index in [9.17, 15) is 9.59 Å². The number of carbonyl (C=O) groups excluding carboxylic acids is 1. The third-order valence-corrected chi connectivity index (χ3v) is 6.82. The molecule has 0 radical (unpaired) electrons. The van der Waals surface area contributed by atoms with Gasteiger partial charge < -0.3 is 10.1 Å². The van der Waals surface area contributed by atoms with E-state index in [1.807, 2.05) is 49.4 Å². The van der Waals surface area contributed by atoms with E-state index in [0.717, 1.165) is 30.7 Å². The van der Waals surface area contributed by atoms with Gasteiger partial charge in [-0.1, -0.05) is 55.9 Å². The Hall–Kier alpha value is -2.64. The molecule has 2 unspecified atom stereocenters. The second-order valence-electron chi connectivity index (χ2n) is 8.45. The van der Waals surface area contributed by atoms with E-state index >= 15 is 0 Å². The maximum atomic E-state index is 13.3. The summed E-state index contributed by atoms with van der Waals surface area (Å²) in [7, 11) is 0. The van der Waals surface area contributed by atoms with Crippen LogP contribution in [0.15, 0.2) is 58.5 Å². The van der Waals surface area contributed by atoms with Gasteiger partial charge in [-0.25, -0.2) is 4.98 Å². The first kappa shape index (κ1) is 22.6. The summed E-state index contributed by atoms with van der Waals surface area (Å²) in [5, 5.41) is 3.75. The van der Waals surface area contributed by atoms with Gasteiger partial charge in [-0.3, -0.25) is 14.2 Å². The van der Waals surface area contributed by atoms with E-state index in [4.69, 9.17) is 9.72 Å². The van der Waals surface area contributed by atoms with Crippen LogP contribution in [0.5, 0.6) is 0 Å². The number of para-hydroxylation sites is 2. The minimum atomic E-state index is -0.431. The fourth-order valence-corrected chi connectivity index (χ4v) is 4.87. The van der Waals surface area contributed by atoms with E-state index < -0.39 is 5.25 Å². The lowest BCUT2D eigenvalue weighted by atomic mass is 10.0. The smallest absolute Gasteiger partial charge is 0.262 e. The summed E-state index contributed by atoms with van der Waals surface area (Å²) in [6.45, 7) is 7.22. The highest BCUT2D eigenvalue weighted by Crippen LogP contribution is 2.27. The lowest BCUT2D eigenvalue weighted by Crippen LogP contribution is -2.30. The van der Waals surface area contributed by atoms with Gasteiger partial charge in [0, 0.05) is 12.3 Å². The quantitative estimate of drug-likeness (QED) is 0.412. The molecule has 1 aliphatic rings. The molecular weight excluding hydrogens is 422 g/mol.